The summed E-state index contributed by atoms with van der Waals surface area (Å²) < 4.78 is 6.85. The molecule has 2 aromatic carbocycles. The Labute approximate surface area is 194 Å². The monoisotopic (exact) mass is 488 g/mol. The molecule has 1 N–H and O–H groups in total. The summed E-state index contributed by atoms with van der Waals surface area (Å²) in [5, 5.41) is 2.98. The SMILES string of the molecule is CC[C@H](C)NC(=O)[C@@H](C)N(Cc1ccccc1C)C(=O)COc1cc(C)c(Br)c(C)c1. The standard InChI is InChI=1S/C25H33BrN2O3/c1-7-19(5)27-25(30)20(6)28(14-21-11-9-8-10-16(21)2)23(29)15-31-22-12-17(3)24(26)18(4)13-22/h8-13,19-20H,7,14-15H2,1-6H3,(H,27,30)/t19-,20+/m0/s1. The number of carbonyl (C=O) groups excluding carboxylic acids is 2. The van der Waals surface area contributed by atoms with Crippen molar-refractivity contribution in [1.82, 2.24) is 10.2 Å². The molecule has 0 unspecified atom stereocenters. The molecule has 31 heavy (non-hydrogen) atoms. The summed E-state index contributed by atoms with van der Waals surface area (Å²) in [7, 11) is 0. The first-order valence-corrected chi connectivity index (χ1v) is 11.5. The third-order valence-electron chi connectivity index (χ3n) is 5.54. The molecule has 6 heteroatoms. The van der Waals surface area contributed by atoms with Gasteiger partial charge in [-0.1, -0.05) is 47.1 Å². The van der Waals surface area contributed by atoms with Crippen LogP contribution in [0.2, 0.25) is 0 Å². The van der Waals surface area contributed by atoms with E-state index in [2.05, 4.69) is 21.2 Å². The predicted octanol–water partition coefficient (Wildman–Crippen LogP) is 5.09. The lowest BCUT2D eigenvalue weighted by atomic mass is 10.1. The summed E-state index contributed by atoms with van der Waals surface area (Å²) in [5.41, 5.74) is 4.17. The number of amides is 2. The highest BCUT2D eigenvalue weighted by Crippen LogP contribution is 2.26. The number of ether oxygens (including phenoxy) is 1. The van der Waals surface area contributed by atoms with Crippen molar-refractivity contribution in [2.24, 2.45) is 0 Å². The van der Waals surface area contributed by atoms with Crippen LogP contribution in [0.5, 0.6) is 5.75 Å². The lowest BCUT2D eigenvalue weighted by Crippen LogP contribution is -2.50. The molecule has 0 aromatic heterocycles. The molecule has 0 fully saturated rings. The average molecular weight is 489 g/mol. The molecule has 2 aromatic rings. The smallest absolute Gasteiger partial charge is 0.261 e. The lowest BCUT2D eigenvalue weighted by molar-refractivity contribution is -0.142. The van der Waals surface area contributed by atoms with E-state index in [1.165, 1.54) is 0 Å². The fourth-order valence-corrected chi connectivity index (χ4v) is 3.47. The maximum absolute atomic E-state index is 13.2. The van der Waals surface area contributed by atoms with E-state index in [9.17, 15) is 9.59 Å². The van der Waals surface area contributed by atoms with Crippen LogP contribution in [0.15, 0.2) is 40.9 Å². The van der Waals surface area contributed by atoms with Crippen LogP contribution in [0.4, 0.5) is 0 Å². The van der Waals surface area contributed by atoms with Crippen molar-refractivity contribution in [3.63, 3.8) is 0 Å². The van der Waals surface area contributed by atoms with Crippen molar-refractivity contribution in [3.05, 3.63) is 63.1 Å². The molecule has 0 saturated carbocycles. The number of carbonyl (C=O) groups is 2. The number of rotatable bonds is 9. The Bertz CT molecular complexity index is 906. The number of hydrogen-bond donors (Lipinski definition) is 1. The number of benzene rings is 2. The summed E-state index contributed by atoms with van der Waals surface area (Å²) in [4.78, 5) is 27.6. The quantitative estimate of drug-likeness (QED) is 0.534. The first-order valence-electron chi connectivity index (χ1n) is 10.7. The molecule has 2 rings (SSSR count). The van der Waals surface area contributed by atoms with Crippen LogP contribution < -0.4 is 10.1 Å². The van der Waals surface area contributed by atoms with E-state index in [-0.39, 0.29) is 24.5 Å². The van der Waals surface area contributed by atoms with E-state index in [1.807, 2.05) is 71.0 Å². The fraction of sp³-hybridized carbons (Fsp3) is 0.440. The van der Waals surface area contributed by atoms with E-state index < -0.39 is 6.04 Å². The molecule has 2 amide bonds. The molecular formula is C25H33BrN2O3. The summed E-state index contributed by atoms with van der Waals surface area (Å²) in [6, 6.07) is 11.1. The Kier molecular flexibility index (Phi) is 9.11. The van der Waals surface area contributed by atoms with Crippen LogP contribution >= 0.6 is 15.9 Å². The van der Waals surface area contributed by atoms with E-state index >= 15 is 0 Å². The lowest BCUT2D eigenvalue weighted by Gasteiger charge is -2.30. The highest BCUT2D eigenvalue weighted by molar-refractivity contribution is 9.10. The van der Waals surface area contributed by atoms with Gasteiger partial charge in [-0.2, -0.15) is 0 Å². The van der Waals surface area contributed by atoms with Crippen LogP contribution in [0, 0.1) is 20.8 Å². The second kappa shape index (κ2) is 11.3. The predicted molar refractivity (Wildman–Crippen MR) is 128 cm³/mol. The van der Waals surface area contributed by atoms with Gasteiger partial charge in [0, 0.05) is 17.1 Å². The molecule has 0 bridgehead atoms. The minimum absolute atomic E-state index is 0.0512. The normalized spacial score (nSPS) is 12.7. The van der Waals surface area contributed by atoms with Crippen LogP contribution in [0.3, 0.4) is 0 Å². The topological polar surface area (TPSA) is 58.6 Å². The number of nitrogens with zero attached hydrogens (tertiary/aromatic N) is 1. The zero-order chi connectivity index (χ0) is 23.1. The zero-order valence-electron chi connectivity index (χ0n) is 19.3. The maximum Gasteiger partial charge on any atom is 0.261 e. The van der Waals surface area contributed by atoms with Crippen molar-refractivity contribution in [2.75, 3.05) is 6.61 Å². The van der Waals surface area contributed by atoms with E-state index in [1.54, 1.807) is 11.8 Å². The first kappa shape index (κ1) is 24.9. The van der Waals surface area contributed by atoms with Gasteiger partial charge in [-0.25, -0.2) is 0 Å². The Hall–Kier alpha value is -2.34. The van der Waals surface area contributed by atoms with Crippen molar-refractivity contribution in [2.45, 2.75) is 66.6 Å². The van der Waals surface area contributed by atoms with Gasteiger partial charge in [0.2, 0.25) is 5.91 Å². The summed E-state index contributed by atoms with van der Waals surface area (Å²) >= 11 is 3.55. The van der Waals surface area contributed by atoms with Gasteiger partial charge in [-0.05, 0) is 75.4 Å². The van der Waals surface area contributed by atoms with Crippen LogP contribution in [-0.2, 0) is 16.1 Å². The van der Waals surface area contributed by atoms with Crippen LogP contribution in [0.1, 0.15) is 49.4 Å². The number of nitrogens with one attached hydrogen (secondary N) is 1. The Balaban J connectivity index is 2.21. The molecule has 0 saturated heterocycles. The number of aryl methyl sites for hydroxylation is 3. The Morgan fingerprint density at radius 3 is 2.26 bits per heavy atom. The largest absolute Gasteiger partial charge is 0.484 e. The van der Waals surface area contributed by atoms with Gasteiger partial charge < -0.3 is 15.0 Å². The summed E-state index contributed by atoms with van der Waals surface area (Å²) in [6.07, 6.45) is 0.829. The molecule has 2 atom stereocenters. The van der Waals surface area contributed by atoms with Gasteiger partial charge in [-0.15, -0.1) is 0 Å². The Morgan fingerprint density at radius 2 is 1.68 bits per heavy atom. The third kappa shape index (κ3) is 6.82. The molecule has 0 heterocycles. The van der Waals surface area contributed by atoms with Crippen molar-refractivity contribution >= 4 is 27.7 Å². The van der Waals surface area contributed by atoms with Crippen molar-refractivity contribution in [3.8, 4) is 5.75 Å². The third-order valence-corrected chi connectivity index (χ3v) is 6.79. The Morgan fingerprint density at radius 1 is 1.06 bits per heavy atom. The van der Waals surface area contributed by atoms with E-state index in [4.69, 9.17) is 4.74 Å². The number of hydrogen-bond acceptors (Lipinski definition) is 3. The molecule has 0 radical (unpaired) electrons. The molecular weight excluding hydrogens is 456 g/mol. The van der Waals surface area contributed by atoms with Gasteiger partial charge in [0.05, 0.1) is 0 Å². The number of halogens is 1. The van der Waals surface area contributed by atoms with Gasteiger partial charge >= 0.3 is 0 Å². The summed E-state index contributed by atoms with van der Waals surface area (Å²) in [6.45, 7) is 11.9. The summed E-state index contributed by atoms with van der Waals surface area (Å²) in [5.74, 6) is 0.249. The highest BCUT2D eigenvalue weighted by atomic mass is 79.9. The average Bonchev–Trinajstić information content (AvgIpc) is 2.74. The fourth-order valence-electron chi connectivity index (χ4n) is 3.24. The van der Waals surface area contributed by atoms with Crippen LogP contribution in [-0.4, -0.2) is 35.4 Å². The van der Waals surface area contributed by atoms with Gasteiger partial charge in [0.15, 0.2) is 6.61 Å². The van der Waals surface area contributed by atoms with E-state index in [0.29, 0.717) is 12.3 Å². The minimum atomic E-state index is -0.613. The first-order chi connectivity index (χ1) is 14.6. The van der Waals surface area contributed by atoms with Crippen molar-refractivity contribution in [1.29, 1.82) is 0 Å². The van der Waals surface area contributed by atoms with Gasteiger partial charge in [0.1, 0.15) is 11.8 Å². The molecule has 0 aliphatic rings. The minimum Gasteiger partial charge on any atom is -0.484 e. The maximum atomic E-state index is 13.2. The molecule has 0 aliphatic heterocycles. The van der Waals surface area contributed by atoms with Gasteiger partial charge in [-0.3, -0.25) is 9.59 Å². The molecule has 0 spiro atoms. The highest BCUT2D eigenvalue weighted by Gasteiger charge is 2.27. The zero-order valence-corrected chi connectivity index (χ0v) is 20.9. The van der Waals surface area contributed by atoms with Crippen LogP contribution in [0.25, 0.3) is 0 Å². The molecule has 0 aliphatic carbocycles. The molecule has 5 nitrogen and oxygen atoms in total. The van der Waals surface area contributed by atoms with E-state index in [0.717, 1.165) is 33.1 Å². The second-order valence-corrected chi connectivity index (χ2v) is 8.89. The molecule has 168 valence electrons. The second-order valence-electron chi connectivity index (χ2n) is 8.10. The van der Waals surface area contributed by atoms with Crippen molar-refractivity contribution < 1.29 is 14.3 Å². The van der Waals surface area contributed by atoms with Gasteiger partial charge in [0.25, 0.3) is 5.91 Å².